The van der Waals surface area contributed by atoms with Gasteiger partial charge in [-0.3, -0.25) is 4.79 Å². The van der Waals surface area contributed by atoms with E-state index < -0.39 is 5.82 Å². The molecule has 1 amide bonds. The average molecular weight is 354 g/mol. The summed E-state index contributed by atoms with van der Waals surface area (Å²) in [7, 11) is 0. The fraction of sp³-hybridized carbons (Fsp3) is 0.267. The summed E-state index contributed by atoms with van der Waals surface area (Å²) in [6.45, 7) is 0.558. The van der Waals surface area contributed by atoms with Crippen LogP contribution in [-0.2, 0) is 6.54 Å². The highest BCUT2D eigenvalue weighted by molar-refractivity contribution is 9.10. The van der Waals surface area contributed by atoms with Gasteiger partial charge in [-0.2, -0.15) is 11.3 Å². The number of benzene rings is 1. The van der Waals surface area contributed by atoms with Crippen LogP contribution in [0.4, 0.5) is 4.39 Å². The molecule has 1 heterocycles. The van der Waals surface area contributed by atoms with Gasteiger partial charge in [0, 0.05) is 17.1 Å². The van der Waals surface area contributed by atoms with Crippen LogP contribution in [0.3, 0.4) is 0 Å². The molecule has 0 unspecified atom stereocenters. The number of rotatable bonds is 4. The van der Waals surface area contributed by atoms with Crippen molar-refractivity contribution in [2.75, 3.05) is 0 Å². The van der Waals surface area contributed by atoms with Crippen molar-refractivity contribution >= 4 is 33.2 Å². The molecule has 1 aliphatic rings. The molecule has 1 saturated carbocycles. The number of carbonyl (C=O) groups excluding carboxylic acids is 1. The molecule has 0 aliphatic heterocycles. The number of hydrogen-bond donors (Lipinski definition) is 0. The van der Waals surface area contributed by atoms with Gasteiger partial charge < -0.3 is 4.90 Å². The van der Waals surface area contributed by atoms with E-state index in [1.54, 1.807) is 28.4 Å². The van der Waals surface area contributed by atoms with Gasteiger partial charge >= 0.3 is 0 Å². The third kappa shape index (κ3) is 2.94. The van der Waals surface area contributed by atoms with Crippen molar-refractivity contribution < 1.29 is 9.18 Å². The molecule has 1 fully saturated rings. The zero-order valence-corrected chi connectivity index (χ0v) is 13.1. The number of hydrogen-bond acceptors (Lipinski definition) is 2. The molecule has 0 radical (unpaired) electrons. The Bertz CT molecular complexity index is 625. The highest BCUT2D eigenvalue weighted by atomic mass is 79.9. The third-order valence-corrected chi connectivity index (χ3v) is 4.57. The number of thiophene rings is 1. The normalized spacial score (nSPS) is 14.3. The van der Waals surface area contributed by atoms with E-state index in [4.69, 9.17) is 0 Å². The van der Waals surface area contributed by atoms with Crippen LogP contribution in [0.1, 0.15) is 28.8 Å². The van der Waals surface area contributed by atoms with Crippen molar-refractivity contribution in [1.82, 2.24) is 4.90 Å². The topological polar surface area (TPSA) is 20.3 Å². The first-order valence-corrected chi connectivity index (χ1v) is 8.16. The van der Waals surface area contributed by atoms with Gasteiger partial charge in [0.15, 0.2) is 0 Å². The average Bonchev–Trinajstić information content (AvgIpc) is 3.12. The molecule has 0 N–H and O–H groups in total. The van der Waals surface area contributed by atoms with Gasteiger partial charge in [0.1, 0.15) is 5.82 Å². The fourth-order valence-corrected chi connectivity index (χ4v) is 3.14. The quantitative estimate of drug-likeness (QED) is 0.794. The Morgan fingerprint density at radius 3 is 2.80 bits per heavy atom. The second-order valence-electron chi connectivity index (χ2n) is 4.92. The standard InChI is InChI=1S/C15H13BrFNOS/c16-11-1-4-13(14(17)7-11)15(19)18(12-2-3-12)8-10-5-6-20-9-10/h1,4-7,9,12H,2-3,8H2. The lowest BCUT2D eigenvalue weighted by atomic mass is 10.1. The Hall–Kier alpha value is -1.20. The van der Waals surface area contributed by atoms with E-state index in [2.05, 4.69) is 15.9 Å². The SMILES string of the molecule is O=C(c1ccc(Br)cc1F)N(Cc1ccsc1)C1CC1. The van der Waals surface area contributed by atoms with Gasteiger partial charge in [-0.1, -0.05) is 15.9 Å². The molecule has 104 valence electrons. The monoisotopic (exact) mass is 353 g/mol. The molecule has 0 spiro atoms. The minimum atomic E-state index is -0.472. The second-order valence-corrected chi connectivity index (χ2v) is 6.62. The molecular formula is C15H13BrFNOS. The predicted octanol–water partition coefficient (Wildman–Crippen LogP) is 4.45. The van der Waals surface area contributed by atoms with E-state index in [-0.39, 0.29) is 17.5 Å². The lowest BCUT2D eigenvalue weighted by Gasteiger charge is -2.22. The van der Waals surface area contributed by atoms with Crippen molar-refractivity contribution in [2.24, 2.45) is 0 Å². The minimum Gasteiger partial charge on any atom is -0.331 e. The van der Waals surface area contributed by atoms with E-state index in [1.807, 2.05) is 16.8 Å². The van der Waals surface area contributed by atoms with Crippen molar-refractivity contribution in [2.45, 2.75) is 25.4 Å². The molecule has 0 atom stereocenters. The van der Waals surface area contributed by atoms with Crippen molar-refractivity contribution in [3.63, 3.8) is 0 Å². The summed E-state index contributed by atoms with van der Waals surface area (Å²) in [5, 5.41) is 4.02. The summed E-state index contributed by atoms with van der Waals surface area (Å²) in [6, 6.07) is 6.84. The van der Waals surface area contributed by atoms with E-state index >= 15 is 0 Å². The van der Waals surface area contributed by atoms with Crippen LogP contribution in [0, 0.1) is 5.82 Å². The van der Waals surface area contributed by atoms with Crippen LogP contribution in [-0.4, -0.2) is 16.8 Å². The number of nitrogens with zero attached hydrogens (tertiary/aromatic N) is 1. The summed E-state index contributed by atoms with van der Waals surface area (Å²) < 4.78 is 14.6. The lowest BCUT2D eigenvalue weighted by Crippen LogP contribution is -2.33. The third-order valence-electron chi connectivity index (χ3n) is 3.34. The molecule has 0 bridgehead atoms. The number of carbonyl (C=O) groups is 1. The first-order chi connectivity index (χ1) is 9.65. The lowest BCUT2D eigenvalue weighted by molar-refractivity contribution is 0.0725. The summed E-state index contributed by atoms with van der Waals surface area (Å²) in [6.07, 6.45) is 2.02. The van der Waals surface area contributed by atoms with Crippen molar-refractivity contribution in [3.05, 3.63) is 56.4 Å². The highest BCUT2D eigenvalue weighted by Crippen LogP contribution is 2.31. The van der Waals surface area contributed by atoms with Crippen LogP contribution in [0.2, 0.25) is 0 Å². The summed E-state index contributed by atoms with van der Waals surface area (Å²) in [5.74, 6) is -0.691. The van der Waals surface area contributed by atoms with Crippen molar-refractivity contribution in [3.8, 4) is 0 Å². The van der Waals surface area contributed by atoms with Crippen LogP contribution >= 0.6 is 27.3 Å². The first-order valence-electron chi connectivity index (χ1n) is 6.42. The fourth-order valence-electron chi connectivity index (χ4n) is 2.15. The van der Waals surface area contributed by atoms with Crippen molar-refractivity contribution in [1.29, 1.82) is 0 Å². The predicted molar refractivity (Wildman–Crippen MR) is 81.3 cm³/mol. The van der Waals surface area contributed by atoms with Gasteiger partial charge in [-0.05, 0) is 53.4 Å². The Morgan fingerprint density at radius 2 is 2.20 bits per heavy atom. The van der Waals surface area contributed by atoms with Crippen LogP contribution < -0.4 is 0 Å². The molecule has 2 aromatic rings. The van der Waals surface area contributed by atoms with Gasteiger partial charge in [0.25, 0.3) is 5.91 Å². The Kier molecular flexibility index (Phi) is 3.89. The second kappa shape index (κ2) is 5.66. The Morgan fingerprint density at radius 1 is 1.40 bits per heavy atom. The zero-order valence-electron chi connectivity index (χ0n) is 10.7. The first kappa shape index (κ1) is 13.8. The minimum absolute atomic E-state index is 0.148. The summed E-state index contributed by atoms with van der Waals surface area (Å²) in [5.41, 5.74) is 1.25. The summed E-state index contributed by atoms with van der Waals surface area (Å²) in [4.78, 5) is 14.3. The molecule has 3 rings (SSSR count). The zero-order chi connectivity index (χ0) is 14.1. The summed E-state index contributed by atoms with van der Waals surface area (Å²) >= 11 is 4.82. The Labute approximate surface area is 129 Å². The van der Waals surface area contributed by atoms with Gasteiger partial charge in [-0.25, -0.2) is 4.39 Å². The highest BCUT2D eigenvalue weighted by Gasteiger charge is 2.34. The molecule has 20 heavy (non-hydrogen) atoms. The molecule has 5 heteroatoms. The van der Waals surface area contributed by atoms with Gasteiger partial charge in [0.2, 0.25) is 0 Å². The van der Waals surface area contributed by atoms with Crippen LogP contribution in [0.15, 0.2) is 39.5 Å². The van der Waals surface area contributed by atoms with Crippen LogP contribution in [0.5, 0.6) is 0 Å². The van der Waals surface area contributed by atoms with E-state index in [0.717, 1.165) is 18.4 Å². The number of halogens is 2. The molecule has 2 nitrogen and oxygen atoms in total. The molecule has 1 aromatic heterocycles. The van der Waals surface area contributed by atoms with Gasteiger partial charge in [0.05, 0.1) is 5.56 Å². The molecule has 0 saturated heterocycles. The van der Waals surface area contributed by atoms with E-state index in [1.165, 1.54) is 6.07 Å². The van der Waals surface area contributed by atoms with E-state index in [0.29, 0.717) is 11.0 Å². The Balaban J connectivity index is 1.85. The van der Waals surface area contributed by atoms with E-state index in [9.17, 15) is 9.18 Å². The maximum Gasteiger partial charge on any atom is 0.257 e. The molecule has 1 aromatic carbocycles. The smallest absolute Gasteiger partial charge is 0.257 e. The van der Waals surface area contributed by atoms with Crippen LogP contribution in [0.25, 0.3) is 0 Å². The number of amides is 1. The molecule has 1 aliphatic carbocycles. The maximum atomic E-state index is 13.9. The molecular weight excluding hydrogens is 341 g/mol. The van der Waals surface area contributed by atoms with Gasteiger partial charge in [-0.15, -0.1) is 0 Å². The maximum absolute atomic E-state index is 13.9. The largest absolute Gasteiger partial charge is 0.331 e.